The van der Waals surface area contributed by atoms with Crippen LogP contribution in [0.15, 0.2) is 70.5 Å². The van der Waals surface area contributed by atoms with E-state index in [1.807, 2.05) is 13.0 Å². The minimum atomic E-state index is -3.96. The maximum atomic E-state index is 12.8. The predicted octanol–water partition coefficient (Wildman–Crippen LogP) is 3.89. The molecule has 0 fully saturated rings. The van der Waals surface area contributed by atoms with Crippen LogP contribution in [-0.4, -0.2) is 13.3 Å². The van der Waals surface area contributed by atoms with Crippen LogP contribution in [-0.2, 0) is 9.84 Å². The fourth-order valence-electron chi connectivity index (χ4n) is 2.53. The van der Waals surface area contributed by atoms with Crippen LogP contribution in [0.4, 0.5) is 5.69 Å². The number of rotatable bonds is 3. The molecule has 0 amide bonds. The number of sulfone groups is 1. The van der Waals surface area contributed by atoms with Gasteiger partial charge in [-0.2, -0.15) is 0 Å². The second-order valence-electron chi connectivity index (χ2n) is 5.19. The SMILES string of the molecule is Cc1cccc2cc([N+](=O)[O-])c(S(=O)(=O)c3ccccc3)cc12. The number of aryl methyl sites for hydroxylation is 1. The van der Waals surface area contributed by atoms with E-state index in [1.54, 1.807) is 30.3 Å². The summed E-state index contributed by atoms with van der Waals surface area (Å²) in [7, 11) is -3.96. The van der Waals surface area contributed by atoms with Gasteiger partial charge in [0.1, 0.15) is 4.90 Å². The molecule has 116 valence electrons. The van der Waals surface area contributed by atoms with E-state index in [-0.39, 0.29) is 9.79 Å². The number of nitro groups is 1. The van der Waals surface area contributed by atoms with Crippen LogP contribution in [0.2, 0.25) is 0 Å². The minimum Gasteiger partial charge on any atom is -0.258 e. The minimum absolute atomic E-state index is 0.0380. The predicted molar refractivity (Wildman–Crippen MR) is 87.2 cm³/mol. The first-order valence-corrected chi connectivity index (χ1v) is 8.37. The normalized spacial score (nSPS) is 11.5. The van der Waals surface area contributed by atoms with Gasteiger partial charge in [0.25, 0.3) is 5.69 Å². The van der Waals surface area contributed by atoms with Gasteiger partial charge in [-0.15, -0.1) is 0 Å². The van der Waals surface area contributed by atoms with Crippen molar-refractivity contribution in [3.63, 3.8) is 0 Å². The monoisotopic (exact) mass is 327 g/mol. The van der Waals surface area contributed by atoms with Gasteiger partial charge >= 0.3 is 0 Å². The van der Waals surface area contributed by atoms with Crippen molar-refractivity contribution in [3.8, 4) is 0 Å². The topological polar surface area (TPSA) is 77.3 Å². The van der Waals surface area contributed by atoms with Crippen molar-refractivity contribution in [2.45, 2.75) is 16.7 Å². The number of nitro benzene ring substituents is 1. The Morgan fingerprint density at radius 2 is 1.65 bits per heavy atom. The van der Waals surface area contributed by atoms with Gasteiger partial charge in [-0.1, -0.05) is 36.4 Å². The van der Waals surface area contributed by atoms with Crippen LogP contribution in [0.25, 0.3) is 10.8 Å². The fraction of sp³-hybridized carbons (Fsp3) is 0.0588. The maximum absolute atomic E-state index is 12.8. The van der Waals surface area contributed by atoms with Crippen molar-refractivity contribution < 1.29 is 13.3 Å². The zero-order chi connectivity index (χ0) is 16.6. The van der Waals surface area contributed by atoms with Crippen LogP contribution in [0.1, 0.15) is 5.56 Å². The first-order valence-electron chi connectivity index (χ1n) is 6.89. The molecule has 0 atom stereocenters. The molecule has 0 unspecified atom stereocenters. The van der Waals surface area contributed by atoms with Gasteiger partial charge in [-0.3, -0.25) is 10.1 Å². The van der Waals surface area contributed by atoms with Gasteiger partial charge in [0.05, 0.1) is 9.82 Å². The van der Waals surface area contributed by atoms with E-state index in [1.165, 1.54) is 24.3 Å². The van der Waals surface area contributed by atoms with Gasteiger partial charge in [0, 0.05) is 6.07 Å². The lowest BCUT2D eigenvalue weighted by Gasteiger charge is -2.09. The van der Waals surface area contributed by atoms with E-state index in [4.69, 9.17) is 0 Å². The summed E-state index contributed by atoms with van der Waals surface area (Å²) in [5.74, 6) is 0. The van der Waals surface area contributed by atoms with E-state index in [9.17, 15) is 18.5 Å². The highest BCUT2D eigenvalue weighted by Gasteiger charge is 2.28. The zero-order valence-electron chi connectivity index (χ0n) is 12.3. The number of hydrogen-bond donors (Lipinski definition) is 0. The van der Waals surface area contributed by atoms with Crippen LogP contribution in [0.5, 0.6) is 0 Å². The summed E-state index contributed by atoms with van der Waals surface area (Å²) in [5, 5.41) is 12.7. The summed E-state index contributed by atoms with van der Waals surface area (Å²) in [6.07, 6.45) is 0. The summed E-state index contributed by atoms with van der Waals surface area (Å²) in [5.41, 5.74) is 0.453. The Bertz CT molecular complexity index is 1010. The largest absolute Gasteiger partial charge is 0.288 e. The van der Waals surface area contributed by atoms with E-state index < -0.39 is 20.4 Å². The summed E-state index contributed by atoms with van der Waals surface area (Å²) in [4.78, 5) is 10.5. The molecule has 6 heteroatoms. The van der Waals surface area contributed by atoms with Gasteiger partial charge < -0.3 is 0 Å². The summed E-state index contributed by atoms with van der Waals surface area (Å²) < 4.78 is 25.6. The highest BCUT2D eigenvalue weighted by molar-refractivity contribution is 7.91. The molecule has 0 aliphatic rings. The molecule has 0 heterocycles. The van der Waals surface area contributed by atoms with Gasteiger partial charge in [0.2, 0.25) is 9.84 Å². The molecular weight excluding hydrogens is 314 g/mol. The van der Waals surface area contributed by atoms with Crippen molar-refractivity contribution in [2.75, 3.05) is 0 Å². The van der Waals surface area contributed by atoms with Gasteiger partial charge in [-0.05, 0) is 41.5 Å². The van der Waals surface area contributed by atoms with Crippen LogP contribution >= 0.6 is 0 Å². The molecule has 23 heavy (non-hydrogen) atoms. The number of benzene rings is 3. The van der Waals surface area contributed by atoms with Crippen LogP contribution in [0, 0.1) is 17.0 Å². The second-order valence-corrected chi connectivity index (χ2v) is 7.11. The van der Waals surface area contributed by atoms with Gasteiger partial charge in [-0.25, -0.2) is 8.42 Å². The summed E-state index contributed by atoms with van der Waals surface area (Å²) in [6.45, 7) is 1.84. The average molecular weight is 327 g/mol. The third-order valence-electron chi connectivity index (χ3n) is 3.72. The van der Waals surface area contributed by atoms with Crippen molar-refractivity contribution in [3.05, 3.63) is 76.3 Å². The molecule has 3 rings (SSSR count). The number of hydrogen-bond acceptors (Lipinski definition) is 4. The Morgan fingerprint density at radius 3 is 2.30 bits per heavy atom. The van der Waals surface area contributed by atoms with E-state index in [0.29, 0.717) is 10.8 Å². The highest BCUT2D eigenvalue weighted by Crippen LogP contribution is 2.34. The Labute approximate surface area is 133 Å². The van der Waals surface area contributed by atoms with Crippen LogP contribution < -0.4 is 0 Å². The molecule has 0 bridgehead atoms. The number of fused-ring (bicyclic) bond motifs is 1. The average Bonchev–Trinajstić information content (AvgIpc) is 2.55. The van der Waals surface area contributed by atoms with E-state index in [0.717, 1.165) is 5.56 Å². The lowest BCUT2D eigenvalue weighted by Crippen LogP contribution is -2.06. The molecule has 0 saturated heterocycles. The van der Waals surface area contributed by atoms with Crippen LogP contribution in [0.3, 0.4) is 0 Å². The van der Waals surface area contributed by atoms with Crippen molar-refractivity contribution >= 4 is 26.3 Å². The lowest BCUT2D eigenvalue weighted by molar-refractivity contribution is -0.387. The van der Waals surface area contributed by atoms with Crippen molar-refractivity contribution in [2.24, 2.45) is 0 Å². The fourth-order valence-corrected chi connectivity index (χ4v) is 3.99. The van der Waals surface area contributed by atoms with Gasteiger partial charge in [0.15, 0.2) is 0 Å². The molecule has 0 aromatic heterocycles. The number of nitrogens with zero attached hydrogens (tertiary/aromatic N) is 1. The first-order chi connectivity index (χ1) is 10.9. The smallest absolute Gasteiger partial charge is 0.258 e. The molecule has 0 saturated carbocycles. The van der Waals surface area contributed by atoms with Crippen molar-refractivity contribution in [1.29, 1.82) is 0 Å². The molecule has 0 aliphatic carbocycles. The van der Waals surface area contributed by atoms with E-state index >= 15 is 0 Å². The Kier molecular flexibility index (Phi) is 3.61. The Morgan fingerprint density at radius 1 is 0.957 bits per heavy atom. The highest BCUT2D eigenvalue weighted by atomic mass is 32.2. The standard InChI is InChI=1S/C17H13NO4S/c1-12-6-5-7-13-10-16(18(19)20)17(11-15(12)13)23(21,22)14-8-3-2-4-9-14/h2-11H,1H3. The van der Waals surface area contributed by atoms with Crippen molar-refractivity contribution in [1.82, 2.24) is 0 Å². The molecule has 5 nitrogen and oxygen atoms in total. The zero-order valence-corrected chi connectivity index (χ0v) is 13.1. The molecular formula is C17H13NO4S. The quantitative estimate of drug-likeness (QED) is 0.540. The molecule has 3 aromatic carbocycles. The maximum Gasteiger partial charge on any atom is 0.288 e. The Hall–Kier alpha value is -2.73. The molecule has 0 spiro atoms. The molecule has 0 aliphatic heterocycles. The first kappa shape index (κ1) is 15.2. The lowest BCUT2D eigenvalue weighted by atomic mass is 10.1. The third-order valence-corrected chi connectivity index (χ3v) is 5.52. The third kappa shape index (κ3) is 2.57. The van der Waals surface area contributed by atoms with E-state index in [2.05, 4.69) is 0 Å². The molecule has 3 aromatic rings. The Balaban J connectivity index is 2.38. The summed E-state index contributed by atoms with van der Waals surface area (Å²) >= 11 is 0. The molecule has 0 N–H and O–H groups in total. The second kappa shape index (κ2) is 5.48. The molecule has 0 radical (unpaired) electrons. The summed E-state index contributed by atoms with van der Waals surface area (Å²) in [6, 6.07) is 15.8.